The number of hydrogen-bond donors (Lipinski definition) is 0. The Morgan fingerprint density at radius 3 is 1.94 bits per heavy atom. The highest BCUT2D eigenvalue weighted by atomic mass is 32.2. The molecule has 0 N–H and O–H groups in total. The van der Waals surface area contributed by atoms with Crippen molar-refractivity contribution in [3.8, 4) is 0 Å². The Balaban J connectivity index is 2.96. The van der Waals surface area contributed by atoms with Crippen LogP contribution in [0.3, 0.4) is 0 Å². The van der Waals surface area contributed by atoms with E-state index in [9.17, 15) is 21.6 Å². The van der Waals surface area contributed by atoms with Crippen molar-refractivity contribution in [3.05, 3.63) is 34.4 Å². The molecule has 0 fully saturated rings. The molecule has 0 radical (unpaired) electrons. The van der Waals surface area contributed by atoms with Gasteiger partial charge in [0.05, 0.1) is 6.61 Å². The Kier molecular flexibility index (Phi) is 4.07. The lowest BCUT2D eigenvalue weighted by molar-refractivity contribution is -0.0548. The maximum absolute atomic E-state index is 12.1. The number of alkyl halides is 3. The molecule has 0 amide bonds. The van der Waals surface area contributed by atoms with Gasteiger partial charge in [0.1, 0.15) is 0 Å². The standard InChI is InChI=1S/C11H13F3O3S/c1-7-4-8(2)10(9(3)5-7)6-17-18(15,16)11(12,13)14/h4-5H,6H2,1-3H3. The highest BCUT2D eigenvalue weighted by Gasteiger charge is 2.47. The van der Waals surface area contributed by atoms with E-state index >= 15 is 0 Å². The Labute approximate surface area is 104 Å². The number of benzene rings is 1. The van der Waals surface area contributed by atoms with Gasteiger partial charge in [0.25, 0.3) is 0 Å². The first-order valence-electron chi connectivity index (χ1n) is 5.07. The molecular weight excluding hydrogens is 269 g/mol. The van der Waals surface area contributed by atoms with Gasteiger partial charge in [-0.25, -0.2) is 0 Å². The molecule has 0 aliphatic carbocycles. The van der Waals surface area contributed by atoms with Crippen LogP contribution in [0.25, 0.3) is 0 Å². The van der Waals surface area contributed by atoms with Crippen molar-refractivity contribution in [2.24, 2.45) is 0 Å². The van der Waals surface area contributed by atoms with E-state index in [0.717, 1.165) is 5.56 Å². The summed E-state index contributed by atoms with van der Waals surface area (Å²) in [4.78, 5) is 0. The van der Waals surface area contributed by atoms with Crippen molar-refractivity contribution in [2.75, 3.05) is 0 Å². The van der Waals surface area contributed by atoms with Crippen molar-refractivity contribution in [3.63, 3.8) is 0 Å². The summed E-state index contributed by atoms with van der Waals surface area (Å²) in [6.45, 7) is 4.62. The first-order chi connectivity index (χ1) is 8.04. The lowest BCUT2D eigenvalue weighted by Crippen LogP contribution is -2.25. The first-order valence-corrected chi connectivity index (χ1v) is 6.48. The van der Waals surface area contributed by atoms with Crippen LogP contribution in [-0.4, -0.2) is 13.9 Å². The third-order valence-corrected chi connectivity index (χ3v) is 3.48. The maximum Gasteiger partial charge on any atom is 0.523 e. The van der Waals surface area contributed by atoms with E-state index in [0.29, 0.717) is 16.7 Å². The van der Waals surface area contributed by atoms with Crippen LogP contribution in [0, 0.1) is 20.8 Å². The Hall–Kier alpha value is -1.08. The van der Waals surface area contributed by atoms with Gasteiger partial charge < -0.3 is 0 Å². The molecule has 0 aromatic heterocycles. The minimum atomic E-state index is -5.54. The van der Waals surface area contributed by atoms with Crippen molar-refractivity contribution < 1.29 is 25.8 Å². The molecule has 1 rings (SSSR count). The van der Waals surface area contributed by atoms with Crippen LogP contribution in [0.4, 0.5) is 13.2 Å². The molecule has 7 heteroatoms. The summed E-state index contributed by atoms with van der Waals surface area (Å²) in [5.41, 5.74) is -2.59. The van der Waals surface area contributed by atoms with E-state index in [1.165, 1.54) is 0 Å². The lowest BCUT2D eigenvalue weighted by atomic mass is 10.0. The van der Waals surface area contributed by atoms with Gasteiger partial charge in [-0.05, 0) is 37.5 Å². The summed E-state index contributed by atoms with van der Waals surface area (Å²) in [6.07, 6.45) is 0. The van der Waals surface area contributed by atoms with Crippen LogP contribution in [0.5, 0.6) is 0 Å². The molecule has 0 unspecified atom stereocenters. The van der Waals surface area contributed by atoms with Crippen molar-refractivity contribution in [1.29, 1.82) is 0 Å². The minimum Gasteiger partial charge on any atom is -0.258 e. The normalized spacial score (nSPS) is 12.8. The smallest absolute Gasteiger partial charge is 0.258 e. The van der Waals surface area contributed by atoms with Gasteiger partial charge >= 0.3 is 15.6 Å². The lowest BCUT2D eigenvalue weighted by Gasteiger charge is -2.12. The maximum atomic E-state index is 12.1. The van der Waals surface area contributed by atoms with Gasteiger partial charge in [-0.15, -0.1) is 0 Å². The average Bonchev–Trinajstić information content (AvgIpc) is 2.13. The SMILES string of the molecule is Cc1cc(C)c(COS(=O)(=O)C(F)(F)F)c(C)c1. The topological polar surface area (TPSA) is 43.4 Å². The molecule has 0 aliphatic rings. The third-order valence-electron chi connectivity index (χ3n) is 2.48. The number of halogens is 3. The van der Waals surface area contributed by atoms with Gasteiger partial charge in [-0.2, -0.15) is 21.6 Å². The fraction of sp³-hybridized carbons (Fsp3) is 0.455. The zero-order valence-electron chi connectivity index (χ0n) is 10.1. The Morgan fingerprint density at radius 2 is 1.56 bits per heavy atom. The molecule has 1 aromatic rings. The third kappa shape index (κ3) is 3.23. The Bertz CT molecular complexity index is 524. The van der Waals surface area contributed by atoms with Gasteiger partial charge in [0.15, 0.2) is 0 Å². The highest BCUT2D eigenvalue weighted by molar-refractivity contribution is 7.87. The van der Waals surface area contributed by atoms with Crippen molar-refractivity contribution in [1.82, 2.24) is 0 Å². The molecular formula is C11H13F3O3S. The second kappa shape index (κ2) is 4.89. The van der Waals surface area contributed by atoms with E-state index in [2.05, 4.69) is 4.18 Å². The minimum absolute atomic E-state index is 0.452. The quantitative estimate of drug-likeness (QED) is 0.632. The zero-order chi connectivity index (χ0) is 14.1. The second-order valence-corrected chi connectivity index (χ2v) is 5.65. The largest absolute Gasteiger partial charge is 0.523 e. The molecule has 0 aliphatic heterocycles. The van der Waals surface area contributed by atoms with E-state index < -0.39 is 22.2 Å². The molecule has 0 heterocycles. The molecule has 102 valence electrons. The van der Waals surface area contributed by atoms with Gasteiger partial charge in [-0.3, -0.25) is 4.18 Å². The zero-order valence-corrected chi connectivity index (χ0v) is 10.9. The average molecular weight is 282 g/mol. The monoisotopic (exact) mass is 282 g/mol. The second-order valence-electron chi connectivity index (χ2n) is 4.04. The van der Waals surface area contributed by atoms with Gasteiger partial charge in [0.2, 0.25) is 0 Å². The van der Waals surface area contributed by atoms with Gasteiger partial charge in [-0.1, -0.05) is 17.7 Å². The fourth-order valence-corrected chi connectivity index (χ4v) is 2.05. The summed E-state index contributed by atoms with van der Waals surface area (Å²) in [5, 5.41) is 0. The van der Waals surface area contributed by atoms with E-state index in [-0.39, 0.29) is 0 Å². The van der Waals surface area contributed by atoms with Crippen molar-refractivity contribution >= 4 is 10.1 Å². The van der Waals surface area contributed by atoms with Crippen LogP contribution in [0.1, 0.15) is 22.3 Å². The molecule has 0 saturated heterocycles. The molecule has 0 atom stereocenters. The summed E-state index contributed by atoms with van der Waals surface area (Å²) in [5.74, 6) is 0. The van der Waals surface area contributed by atoms with Crippen LogP contribution >= 0.6 is 0 Å². The summed E-state index contributed by atoms with van der Waals surface area (Å²) < 4.78 is 61.8. The number of aryl methyl sites for hydroxylation is 3. The predicted molar refractivity (Wildman–Crippen MR) is 60.4 cm³/mol. The van der Waals surface area contributed by atoms with E-state index in [4.69, 9.17) is 0 Å². The molecule has 3 nitrogen and oxygen atoms in total. The van der Waals surface area contributed by atoms with Crippen molar-refractivity contribution in [2.45, 2.75) is 32.9 Å². The first kappa shape index (κ1) is 15.0. The van der Waals surface area contributed by atoms with Gasteiger partial charge in [0, 0.05) is 0 Å². The molecule has 18 heavy (non-hydrogen) atoms. The fourth-order valence-electron chi connectivity index (χ4n) is 1.64. The summed E-state index contributed by atoms with van der Waals surface area (Å²) in [6, 6.07) is 3.51. The summed E-state index contributed by atoms with van der Waals surface area (Å²) in [7, 11) is -5.54. The van der Waals surface area contributed by atoms with Crippen LogP contribution in [0.15, 0.2) is 12.1 Å². The predicted octanol–water partition coefficient (Wildman–Crippen LogP) is 2.98. The van der Waals surface area contributed by atoms with Crippen LogP contribution < -0.4 is 0 Å². The van der Waals surface area contributed by atoms with Crippen LogP contribution in [-0.2, 0) is 20.9 Å². The molecule has 0 bridgehead atoms. The van der Waals surface area contributed by atoms with E-state index in [1.807, 2.05) is 6.92 Å². The van der Waals surface area contributed by atoms with E-state index in [1.54, 1.807) is 26.0 Å². The number of hydrogen-bond acceptors (Lipinski definition) is 3. The molecule has 0 spiro atoms. The Morgan fingerprint density at radius 1 is 1.11 bits per heavy atom. The molecule has 0 saturated carbocycles. The summed E-state index contributed by atoms with van der Waals surface area (Å²) >= 11 is 0. The van der Waals surface area contributed by atoms with Crippen LogP contribution in [0.2, 0.25) is 0 Å². The number of rotatable bonds is 3. The molecule has 1 aromatic carbocycles. The highest BCUT2D eigenvalue weighted by Crippen LogP contribution is 2.26.